The molecule has 3 rings (SSSR count). The lowest BCUT2D eigenvalue weighted by atomic mass is 10.0. The van der Waals surface area contributed by atoms with Crippen LogP contribution in [0.5, 0.6) is 0 Å². The third-order valence-corrected chi connectivity index (χ3v) is 3.30. The van der Waals surface area contributed by atoms with Crippen molar-refractivity contribution in [1.82, 2.24) is 4.98 Å². The van der Waals surface area contributed by atoms with Crippen LogP contribution >= 0.6 is 0 Å². The second-order valence-corrected chi connectivity index (χ2v) is 4.65. The molecule has 2 aromatic heterocycles. The second-order valence-electron chi connectivity index (χ2n) is 4.65. The fraction of sp³-hybridized carbons (Fsp3) is 0.133. The standard InChI is InChI=1S/C15H12F2N2O/c1-8-12-5-10(16)2-3-13(12)20-15(8)14(18)9-4-11(17)7-19-6-9/h2-7,14H,18H2,1H3. The molecule has 0 bridgehead atoms. The average Bonchev–Trinajstić information content (AvgIpc) is 2.75. The number of pyridine rings is 1. The van der Waals surface area contributed by atoms with Gasteiger partial charge in [-0.1, -0.05) is 0 Å². The maximum absolute atomic E-state index is 13.3. The lowest BCUT2D eigenvalue weighted by molar-refractivity contribution is 0.518. The van der Waals surface area contributed by atoms with Gasteiger partial charge in [-0.25, -0.2) is 8.78 Å². The molecule has 3 nitrogen and oxygen atoms in total. The van der Waals surface area contributed by atoms with Gasteiger partial charge in [0.05, 0.1) is 12.2 Å². The highest BCUT2D eigenvalue weighted by atomic mass is 19.1. The number of furan rings is 1. The summed E-state index contributed by atoms with van der Waals surface area (Å²) in [4.78, 5) is 3.77. The minimum absolute atomic E-state index is 0.339. The highest BCUT2D eigenvalue weighted by Gasteiger charge is 2.19. The molecule has 5 heteroatoms. The van der Waals surface area contributed by atoms with Gasteiger partial charge in [0.2, 0.25) is 0 Å². The number of benzene rings is 1. The molecule has 0 aliphatic carbocycles. The highest BCUT2D eigenvalue weighted by molar-refractivity contribution is 5.82. The molecule has 3 aromatic rings. The molecule has 102 valence electrons. The Kier molecular flexibility index (Phi) is 2.99. The van der Waals surface area contributed by atoms with Crippen LogP contribution < -0.4 is 5.73 Å². The topological polar surface area (TPSA) is 52.0 Å². The minimum Gasteiger partial charge on any atom is -0.459 e. The Hall–Kier alpha value is -2.27. The first-order valence-corrected chi connectivity index (χ1v) is 6.11. The van der Waals surface area contributed by atoms with E-state index in [1.54, 1.807) is 13.0 Å². The normalized spacial score (nSPS) is 12.8. The predicted octanol–water partition coefficient (Wildman–Crippen LogP) is 3.46. The van der Waals surface area contributed by atoms with Crippen molar-refractivity contribution in [3.8, 4) is 0 Å². The second kappa shape index (κ2) is 4.68. The van der Waals surface area contributed by atoms with E-state index in [-0.39, 0.29) is 5.82 Å². The first-order valence-electron chi connectivity index (χ1n) is 6.11. The Morgan fingerprint density at radius 2 is 1.95 bits per heavy atom. The molecule has 2 heterocycles. The van der Waals surface area contributed by atoms with Crippen LogP contribution in [0.15, 0.2) is 41.1 Å². The van der Waals surface area contributed by atoms with E-state index >= 15 is 0 Å². The molecule has 0 amide bonds. The van der Waals surface area contributed by atoms with Gasteiger partial charge in [0, 0.05) is 17.1 Å². The first-order chi connectivity index (χ1) is 9.56. The van der Waals surface area contributed by atoms with E-state index < -0.39 is 11.9 Å². The fourth-order valence-electron chi connectivity index (χ4n) is 2.26. The van der Waals surface area contributed by atoms with Gasteiger partial charge in [-0.05, 0) is 36.8 Å². The first kappa shape index (κ1) is 12.7. The Morgan fingerprint density at radius 1 is 1.15 bits per heavy atom. The lowest BCUT2D eigenvalue weighted by Crippen LogP contribution is -2.12. The van der Waals surface area contributed by atoms with Gasteiger partial charge in [0.25, 0.3) is 0 Å². The van der Waals surface area contributed by atoms with Crippen molar-refractivity contribution in [1.29, 1.82) is 0 Å². The largest absolute Gasteiger partial charge is 0.459 e. The molecule has 0 aliphatic heterocycles. The molecule has 0 radical (unpaired) electrons. The molecule has 0 fully saturated rings. The van der Waals surface area contributed by atoms with Crippen molar-refractivity contribution < 1.29 is 13.2 Å². The van der Waals surface area contributed by atoms with Crippen LogP contribution in [0.1, 0.15) is 22.9 Å². The van der Waals surface area contributed by atoms with E-state index in [1.807, 2.05) is 0 Å². The number of hydrogen-bond donors (Lipinski definition) is 1. The zero-order valence-corrected chi connectivity index (χ0v) is 10.7. The molecule has 2 N–H and O–H groups in total. The molecular formula is C15H12F2N2O. The Balaban J connectivity index is 2.12. The minimum atomic E-state index is -0.645. The summed E-state index contributed by atoms with van der Waals surface area (Å²) in [6, 6.07) is 4.94. The summed E-state index contributed by atoms with van der Waals surface area (Å²) in [7, 11) is 0. The summed E-state index contributed by atoms with van der Waals surface area (Å²) < 4.78 is 32.1. The van der Waals surface area contributed by atoms with Gasteiger partial charge in [-0.2, -0.15) is 0 Å². The summed E-state index contributed by atoms with van der Waals surface area (Å²) in [5, 5.41) is 0.666. The van der Waals surface area contributed by atoms with Gasteiger partial charge in [0.15, 0.2) is 0 Å². The molecule has 0 aliphatic rings. The van der Waals surface area contributed by atoms with Crippen molar-refractivity contribution in [2.75, 3.05) is 0 Å². The van der Waals surface area contributed by atoms with Crippen LogP contribution in [0.3, 0.4) is 0 Å². The molecular weight excluding hydrogens is 262 g/mol. The molecule has 1 aromatic carbocycles. The smallest absolute Gasteiger partial charge is 0.141 e. The number of halogens is 2. The third-order valence-electron chi connectivity index (χ3n) is 3.30. The van der Waals surface area contributed by atoms with Crippen molar-refractivity contribution in [2.45, 2.75) is 13.0 Å². The Labute approximate surface area is 114 Å². The van der Waals surface area contributed by atoms with Crippen molar-refractivity contribution in [2.24, 2.45) is 5.73 Å². The van der Waals surface area contributed by atoms with Crippen LogP contribution in [0.25, 0.3) is 11.0 Å². The van der Waals surface area contributed by atoms with E-state index in [9.17, 15) is 8.78 Å². The van der Waals surface area contributed by atoms with Crippen LogP contribution in [0.2, 0.25) is 0 Å². The zero-order chi connectivity index (χ0) is 14.3. The molecule has 1 atom stereocenters. The Bertz CT molecular complexity index is 783. The summed E-state index contributed by atoms with van der Waals surface area (Å²) >= 11 is 0. The summed E-state index contributed by atoms with van der Waals surface area (Å²) in [5.41, 5.74) is 7.90. The summed E-state index contributed by atoms with van der Waals surface area (Å²) in [5.74, 6) is -0.315. The number of nitrogens with two attached hydrogens (primary N) is 1. The number of fused-ring (bicyclic) bond motifs is 1. The van der Waals surface area contributed by atoms with Gasteiger partial charge in [-0.15, -0.1) is 0 Å². The summed E-state index contributed by atoms with van der Waals surface area (Å²) in [6.45, 7) is 1.80. The fourth-order valence-corrected chi connectivity index (χ4v) is 2.26. The third kappa shape index (κ3) is 2.06. The molecule has 1 unspecified atom stereocenters. The summed E-state index contributed by atoms with van der Waals surface area (Å²) in [6.07, 6.45) is 2.60. The predicted molar refractivity (Wildman–Crippen MR) is 71.1 cm³/mol. The van der Waals surface area contributed by atoms with Gasteiger partial charge in [0.1, 0.15) is 23.0 Å². The number of rotatable bonds is 2. The number of hydrogen-bond acceptors (Lipinski definition) is 3. The van der Waals surface area contributed by atoms with Crippen LogP contribution in [-0.4, -0.2) is 4.98 Å². The molecule has 20 heavy (non-hydrogen) atoms. The monoisotopic (exact) mass is 274 g/mol. The average molecular weight is 274 g/mol. The van der Waals surface area contributed by atoms with E-state index in [0.717, 1.165) is 11.8 Å². The van der Waals surface area contributed by atoms with Crippen molar-refractivity contribution in [3.63, 3.8) is 0 Å². The Morgan fingerprint density at radius 3 is 2.70 bits per heavy atom. The SMILES string of the molecule is Cc1c(C(N)c2cncc(F)c2)oc2ccc(F)cc12. The van der Waals surface area contributed by atoms with Crippen molar-refractivity contribution >= 4 is 11.0 Å². The van der Waals surface area contributed by atoms with Gasteiger partial charge in [-0.3, -0.25) is 4.98 Å². The maximum Gasteiger partial charge on any atom is 0.141 e. The van der Waals surface area contributed by atoms with Crippen LogP contribution in [-0.2, 0) is 0 Å². The van der Waals surface area contributed by atoms with Crippen LogP contribution in [0, 0.1) is 18.6 Å². The van der Waals surface area contributed by atoms with Crippen LogP contribution in [0.4, 0.5) is 8.78 Å². The number of nitrogens with zero attached hydrogens (tertiary/aromatic N) is 1. The van der Waals surface area contributed by atoms with E-state index in [1.165, 1.54) is 24.4 Å². The molecule has 0 spiro atoms. The highest BCUT2D eigenvalue weighted by Crippen LogP contribution is 2.31. The quantitative estimate of drug-likeness (QED) is 0.778. The van der Waals surface area contributed by atoms with Gasteiger partial charge >= 0.3 is 0 Å². The number of aromatic nitrogens is 1. The molecule has 0 saturated carbocycles. The zero-order valence-electron chi connectivity index (χ0n) is 10.7. The van der Waals surface area contributed by atoms with E-state index in [4.69, 9.17) is 10.2 Å². The molecule has 0 saturated heterocycles. The van der Waals surface area contributed by atoms with E-state index in [0.29, 0.717) is 22.3 Å². The lowest BCUT2D eigenvalue weighted by Gasteiger charge is -2.09. The number of aryl methyl sites for hydroxylation is 1. The van der Waals surface area contributed by atoms with Crippen molar-refractivity contribution in [3.05, 3.63) is 65.2 Å². The maximum atomic E-state index is 13.3. The van der Waals surface area contributed by atoms with E-state index in [2.05, 4.69) is 4.98 Å². The van der Waals surface area contributed by atoms with Gasteiger partial charge < -0.3 is 10.2 Å².